The van der Waals surface area contributed by atoms with Crippen molar-refractivity contribution in [1.82, 2.24) is 9.99 Å². The van der Waals surface area contributed by atoms with Crippen molar-refractivity contribution in [2.75, 3.05) is 10.8 Å². The Balaban J connectivity index is 1.58. The molecule has 1 amide bonds. The van der Waals surface area contributed by atoms with Gasteiger partial charge in [0.1, 0.15) is 6.54 Å². The number of carbonyl (C=O) groups excluding carboxylic acids is 1. The number of hydrogen-bond acceptors (Lipinski definition) is 4. The number of rotatable bonds is 8. The topological polar surface area (TPSA) is 83.8 Å². The van der Waals surface area contributed by atoms with Crippen LogP contribution in [0.2, 0.25) is 0 Å². The predicted octanol–water partition coefficient (Wildman–Crippen LogP) is 5.37. The number of hydrogen-bond donors (Lipinski definition) is 1. The minimum absolute atomic E-state index is 0.110. The fourth-order valence-electron chi connectivity index (χ4n) is 4.57. The van der Waals surface area contributed by atoms with Crippen molar-refractivity contribution in [3.05, 3.63) is 113 Å². The molecule has 0 aliphatic rings. The van der Waals surface area contributed by atoms with Crippen LogP contribution in [0.3, 0.4) is 0 Å². The van der Waals surface area contributed by atoms with E-state index in [1.165, 1.54) is 12.1 Å². The van der Waals surface area contributed by atoms with Gasteiger partial charge < -0.3 is 4.57 Å². The lowest BCUT2D eigenvalue weighted by Crippen LogP contribution is -2.39. The summed E-state index contributed by atoms with van der Waals surface area (Å²) in [6, 6.07) is 23.7. The Hall–Kier alpha value is -4.17. The minimum Gasteiger partial charge on any atom is -0.318 e. The molecule has 1 heterocycles. The van der Waals surface area contributed by atoms with Gasteiger partial charge in [0.05, 0.1) is 16.8 Å². The predicted molar refractivity (Wildman–Crippen MR) is 153 cm³/mol. The van der Waals surface area contributed by atoms with Crippen molar-refractivity contribution in [2.45, 2.75) is 39.5 Å². The largest absolute Gasteiger partial charge is 0.318 e. The molecular formula is C30H32N4O3S. The second kappa shape index (κ2) is 11.1. The molecule has 196 valence electrons. The molecule has 0 radical (unpaired) electrons. The first-order chi connectivity index (χ1) is 18.1. The Labute approximate surface area is 224 Å². The minimum atomic E-state index is -3.99. The summed E-state index contributed by atoms with van der Waals surface area (Å²) in [5.41, 5.74) is 9.84. The van der Waals surface area contributed by atoms with Crippen LogP contribution >= 0.6 is 0 Å². The molecule has 38 heavy (non-hydrogen) atoms. The van der Waals surface area contributed by atoms with Crippen molar-refractivity contribution in [3.8, 4) is 5.69 Å². The summed E-state index contributed by atoms with van der Waals surface area (Å²) in [6.45, 7) is 9.44. The number of benzene rings is 3. The van der Waals surface area contributed by atoms with E-state index in [1.807, 2.05) is 52.0 Å². The maximum absolute atomic E-state index is 13.5. The molecule has 0 atom stereocenters. The van der Waals surface area contributed by atoms with Gasteiger partial charge in [0.2, 0.25) is 0 Å². The van der Waals surface area contributed by atoms with Crippen molar-refractivity contribution in [3.63, 3.8) is 0 Å². The Morgan fingerprint density at radius 1 is 0.895 bits per heavy atom. The number of aromatic nitrogens is 1. The first-order valence-electron chi connectivity index (χ1n) is 12.3. The highest BCUT2D eigenvalue weighted by Crippen LogP contribution is 2.26. The van der Waals surface area contributed by atoms with Crippen LogP contribution in [0.25, 0.3) is 5.69 Å². The molecule has 0 aliphatic heterocycles. The molecule has 0 saturated heterocycles. The third-order valence-electron chi connectivity index (χ3n) is 6.33. The van der Waals surface area contributed by atoms with Crippen molar-refractivity contribution >= 4 is 27.8 Å². The maximum atomic E-state index is 13.5. The molecule has 1 N–H and O–H groups in total. The van der Waals surface area contributed by atoms with E-state index in [4.69, 9.17) is 0 Å². The maximum Gasteiger partial charge on any atom is 0.264 e. The Morgan fingerprint density at radius 3 is 2.18 bits per heavy atom. The van der Waals surface area contributed by atoms with E-state index >= 15 is 0 Å². The van der Waals surface area contributed by atoms with Crippen molar-refractivity contribution < 1.29 is 13.2 Å². The zero-order valence-corrected chi connectivity index (χ0v) is 23.1. The zero-order chi connectivity index (χ0) is 27.4. The number of nitrogens with zero attached hydrogens (tertiary/aromatic N) is 3. The van der Waals surface area contributed by atoms with E-state index in [-0.39, 0.29) is 4.90 Å². The molecule has 0 aliphatic carbocycles. The van der Waals surface area contributed by atoms with E-state index < -0.39 is 22.5 Å². The van der Waals surface area contributed by atoms with Gasteiger partial charge in [0.15, 0.2) is 0 Å². The molecule has 0 unspecified atom stereocenters. The molecule has 0 spiro atoms. The molecule has 4 rings (SSSR count). The number of aryl methyl sites for hydroxylation is 4. The van der Waals surface area contributed by atoms with Crippen LogP contribution in [0, 0.1) is 34.6 Å². The monoisotopic (exact) mass is 528 g/mol. The van der Waals surface area contributed by atoms with Crippen LogP contribution < -0.4 is 9.73 Å². The van der Waals surface area contributed by atoms with Crippen molar-refractivity contribution in [2.24, 2.45) is 5.10 Å². The Bertz CT molecular complexity index is 1590. The number of carbonyl (C=O) groups is 1. The summed E-state index contributed by atoms with van der Waals surface area (Å²) in [6.07, 6.45) is 1.59. The van der Waals surface area contributed by atoms with Crippen molar-refractivity contribution in [1.29, 1.82) is 0 Å². The second-order valence-corrected chi connectivity index (χ2v) is 11.3. The lowest BCUT2D eigenvalue weighted by atomic mass is 10.1. The summed E-state index contributed by atoms with van der Waals surface area (Å²) < 4.78 is 30.3. The van der Waals surface area contributed by atoms with Crippen LogP contribution in [0.1, 0.15) is 33.6 Å². The van der Waals surface area contributed by atoms with Gasteiger partial charge in [-0.2, -0.15) is 5.10 Å². The second-order valence-electron chi connectivity index (χ2n) is 9.41. The highest BCUT2D eigenvalue weighted by molar-refractivity contribution is 7.92. The summed E-state index contributed by atoms with van der Waals surface area (Å²) in [5, 5.41) is 4.15. The molecule has 1 aromatic heterocycles. The highest BCUT2D eigenvalue weighted by Gasteiger charge is 2.27. The molecule has 3 aromatic carbocycles. The first kappa shape index (κ1) is 26.9. The number of para-hydroxylation sites is 1. The number of amides is 1. The van der Waals surface area contributed by atoms with Gasteiger partial charge in [-0.25, -0.2) is 13.8 Å². The average Bonchev–Trinajstić information content (AvgIpc) is 3.15. The normalized spacial score (nSPS) is 11.6. The van der Waals surface area contributed by atoms with Crippen LogP contribution in [0.15, 0.2) is 88.9 Å². The SMILES string of the molecule is Cc1cc(C)cc(N(CC(=O)N/N=C\c2cc(C)n(-c3ccccc3C)c2C)S(=O)(=O)c2ccccc2)c1. The quantitative estimate of drug-likeness (QED) is 0.247. The third kappa shape index (κ3) is 5.70. The van der Waals surface area contributed by atoms with Gasteiger partial charge in [0, 0.05) is 22.6 Å². The van der Waals surface area contributed by atoms with Gasteiger partial charge in [0.25, 0.3) is 15.9 Å². The Kier molecular flexibility index (Phi) is 7.83. The summed E-state index contributed by atoms with van der Waals surface area (Å²) in [4.78, 5) is 13.1. The number of nitrogens with one attached hydrogen (secondary N) is 1. The number of hydrazone groups is 1. The summed E-state index contributed by atoms with van der Waals surface area (Å²) in [7, 11) is -3.99. The molecule has 7 nitrogen and oxygen atoms in total. The highest BCUT2D eigenvalue weighted by atomic mass is 32.2. The van der Waals surface area contributed by atoms with Crippen LogP contribution in [0.5, 0.6) is 0 Å². The average molecular weight is 529 g/mol. The van der Waals surface area contributed by atoms with Gasteiger partial charge in [-0.15, -0.1) is 0 Å². The molecule has 0 fully saturated rings. The lowest BCUT2D eigenvalue weighted by molar-refractivity contribution is -0.119. The molecule has 0 saturated carbocycles. The molecular weight excluding hydrogens is 496 g/mol. The van der Waals surface area contributed by atoms with Gasteiger partial charge in [-0.05, 0) is 87.7 Å². The zero-order valence-electron chi connectivity index (χ0n) is 22.3. The lowest BCUT2D eigenvalue weighted by Gasteiger charge is -2.24. The van der Waals surface area contributed by atoms with E-state index in [0.717, 1.165) is 43.6 Å². The first-order valence-corrected chi connectivity index (χ1v) is 13.7. The summed E-state index contributed by atoms with van der Waals surface area (Å²) >= 11 is 0. The van der Waals surface area contributed by atoms with E-state index in [1.54, 1.807) is 36.5 Å². The van der Waals surface area contributed by atoms with E-state index in [0.29, 0.717) is 5.69 Å². The van der Waals surface area contributed by atoms with Gasteiger partial charge in [-0.3, -0.25) is 9.10 Å². The Morgan fingerprint density at radius 2 is 1.53 bits per heavy atom. The van der Waals surface area contributed by atoms with Gasteiger partial charge >= 0.3 is 0 Å². The fraction of sp³-hybridized carbons (Fsp3) is 0.200. The van der Waals surface area contributed by atoms with Gasteiger partial charge in [-0.1, -0.05) is 42.5 Å². The number of sulfonamides is 1. The molecule has 8 heteroatoms. The fourth-order valence-corrected chi connectivity index (χ4v) is 6.00. The smallest absolute Gasteiger partial charge is 0.264 e. The van der Waals surface area contributed by atoms with E-state index in [9.17, 15) is 13.2 Å². The van der Waals surface area contributed by atoms with Crippen LogP contribution in [-0.2, 0) is 14.8 Å². The number of anilines is 1. The van der Waals surface area contributed by atoms with Crippen LogP contribution in [-0.4, -0.2) is 31.7 Å². The van der Waals surface area contributed by atoms with Crippen LogP contribution in [0.4, 0.5) is 5.69 Å². The molecule has 0 bridgehead atoms. The summed E-state index contributed by atoms with van der Waals surface area (Å²) in [5.74, 6) is -0.548. The van der Waals surface area contributed by atoms with E-state index in [2.05, 4.69) is 34.2 Å². The third-order valence-corrected chi connectivity index (χ3v) is 8.12. The standard InChI is InChI=1S/C30H32N4O3S/c1-21-15-22(2)17-27(16-21)33(38(36,37)28-12-7-6-8-13-28)20-30(35)32-31-19-26-18-24(4)34(25(26)5)29-14-10-9-11-23(29)3/h6-19H,20H2,1-5H3,(H,32,35)/b31-19-. The molecule has 4 aromatic rings.